The van der Waals surface area contributed by atoms with Crippen LogP contribution in [0.2, 0.25) is 0 Å². The monoisotopic (exact) mass is 298 g/mol. The lowest BCUT2D eigenvalue weighted by Gasteiger charge is -2.22. The zero-order chi connectivity index (χ0) is 15.5. The Kier molecular flexibility index (Phi) is 3.93. The van der Waals surface area contributed by atoms with Gasteiger partial charge in [-0.2, -0.15) is 0 Å². The van der Waals surface area contributed by atoms with E-state index < -0.39 is 0 Å². The molecule has 1 aromatic carbocycles. The second-order valence-electron chi connectivity index (χ2n) is 5.31. The first-order chi connectivity index (χ1) is 10.6. The van der Waals surface area contributed by atoms with Crippen LogP contribution in [0.4, 0.5) is 0 Å². The number of amides is 1. The molecule has 0 aliphatic carbocycles. The van der Waals surface area contributed by atoms with Crippen LogP contribution in [0.25, 0.3) is 11.0 Å². The molecule has 0 radical (unpaired) electrons. The summed E-state index contributed by atoms with van der Waals surface area (Å²) in [5.74, 6) is 0.905. The zero-order valence-corrected chi connectivity index (χ0v) is 12.5. The molecule has 0 aliphatic heterocycles. The van der Waals surface area contributed by atoms with Gasteiger partial charge in [-0.15, -0.1) is 0 Å². The van der Waals surface area contributed by atoms with Crippen LogP contribution in [0.1, 0.15) is 22.4 Å². The molecule has 2 aromatic heterocycles. The molecule has 1 amide bonds. The second kappa shape index (κ2) is 6.03. The third-order valence-electron chi connectivity index (χ3n) is 3.56. The van der Waals surface area contributed by atoms with Crippen molar-refractivity contribution in [1.82, 2.24) is 20.2 Å². The highest BCUT2D eigenvalue weighted by atomic mass is 16.3. The van der Waals surface area contributed by atoms with Crippen molar-refractivity contribution < 1.29 is 9.21 Å². The van der Waals surface area contributed by atoms with Crippen molar-refractivity contribution in [2.45, 2.75) is 6.04 Å². The van der Waals surface area contributed by atoms with Gasteiger partial charge in [0.15, 0.2) is 5.82 Å². The normalized spacial score (nSPS) is 12.7. The molecular weight excluding hydrogens is 280 g/mol. The van der Waals surface area contributed by atoms with Gasteiger partial charge in [-0.1, -0.05) is 12.1 Å². The first kappa shape index (κ1) is 14.3. The van der Waals surface area contributed by atoms with Gasteiger partial charge in [-0.25, -0.2) is 4.98 Å². The molecule has 22 heavy (non-hydrogen) atoms. The van der Waals surface area contributed by atoms with Crippen molar-refractivity contribution in [3.63, 3.8) is 0 Å². The number of carbonyl (C=O) groups is 1. The lowest BCUT2D eigenvalue weighted by molar-refractivity contribution is 0.0930. The minimum atomic E-state index is -0.227. The van der Waals surface area contributed by atoms with Crippen molar-refractivity contribution in [3.8, 4) is 0 Å². The largest absolute Gasteiger partial charge is 0.468 e. The zero-order valence-electron chi connectivity index (χ0n) is 12.5. The molecule has 6 heteroatoms. The van der Waals surface area contributed by atoms with Crippen molar-refractivity contribution in [1.29, 1.82) is 0 Å². The molecular formula is C16H18N4O2. The summed E-state index contributed by atoms with van der Waals surface area (Å²) in [5, 5.41) is 2.90. The number of rotatable bonds is 5. The van der Waals surface area contributed by atoms with E-state index in [4.69, 9.17) is 4.42 Å². The van der Waals surface area contributed by atoms with Gasteiger partial charge in [-0.05, 0) is 38.4 Å². The smallest absolute Gasteiger partial charge is 0.287 e. The fourth-order valence-electron chi connectivity index (χ4n) is 2.35. The van der Waals surface area contributed by atoms with Gasteiger partial charge < -0.3 is 14.7 Å². The summed E-state index contributed by atoms with van der Waals surface area (Å²) >= 11 is 0. The van der Waals surface area contributed by atoms with E-state index >= 15 is 0 Å². The molecule has 0 unspecified atom stereocenters. The Bertz CT molecular complexity index is 728. The SMILES string of the molecule is CN(C)[C@@H](CNC(=O)c1nc2ccccc2[nH]1)c1ccco1. The van der Waals surface area contributed by atoms with E-state index in [1.165, 1.54) is 0 Å². The van der Waals surface area contributed by atoms with Gasteiger partial charge in [-0.3, -0.25) is 9.69 Å². The molecule has 0 bridgehead atoms. The first-order valence-corrected chi connectivity index (χ1v) is 7.08. The van der Waals surface area contributed by atoms with E-state index in [1.807, 2.05) is 55.4 Å². The van der Waals surface area contributed by atoms with Crippen LogP contribution >= 0.6 is 0 Å². The molecule has 6 nitrogen and oxygen atoms in total. The predicted molar refractivity (Wildman–Crippen MR) is 83.6 cm³/mol. The maximum atomic E-state index is 12.3. The number of nitrogens with zero attached hydrogens (tertiary/aromatic N) is 2. The fraction of sp³-hybridized carbons (Fsp3) is 0.250. The molecule has 114 valence electrons. The van der Waals surface area contributed by atoms with Crippen LogP contribution in [0.3, 0.4) is 0 Å². The first-order valence-electron chi connectivity index (χ1n) is 7.08. The summed E-state index contributed by atoms with van der Waals surface area (Å²) in [6.07, 6.45) is 1.63. The van der Waals surface area contributed by atoms with Crippen LogP contribution in [0, 0.1) is 0 Å². The lowest BCUT2D eigenvalue weighted by Crippen LogP contribution is -2.34. The van der Waals surface area contributed by atoms with E-state index in [0.717, 1.165) is 16.8 Å². The van der Waals surface area contributed by atoms with Crippen molar-refractivity contribution >= 4 is 16.9 Å². The summed E-state index contributed by atoms with van der Waals surface area (Å²) in [6, 6.07) is 11.3. The summed E-state index contributed by atoms with van der Waals surface area (Å²) in [5.41, 5.74) is 1.63. The van der Waals surface area contributed by atoms with Gasteiger partial charge in [0, 0.05) is 6.54 Å². The summed E-state index contributed by atoms with van der Waals surface area (Å²) < 4.78 is 5.43. The van der Waals surface area contributed by atoms with Crippen molar-refractivity contribution in [2.24, 2.45) is 0 Å². The molecule has 1 atom stereocenters. The van der Waals surface area contributed by atoms with Crippen molar-refractivity contribution in [2.75, 3.05) is 20.6 Å². The van der Waals surface area contributed by atoms with E-state index in [9.17, 15) is 4.79 Å². The number of hydrogen-bond donors (Lipinski definition) is 2. The minimum absolute atomic E-state index is 0.0247. The third-order valence-corrected chi connectivity index (χ3v) is 3.56. The predicted octanol–water partition coefficient (Wildman–Crippen LogP) is 2.19. The van der Waals surface area contributed by atoms with Gasteiger partial charge in [0.25, 0.3) is 5.91 Å². The number of likely N-dealkylation sites (N-methyl/N-ethyl adjacent to an activating group) is 1. The molecule has 0 saturated heterocycles. The van der Waals surface area contributed by atoms with E-state index in [2.05, 4.69) is 15.3 Å². The number of carbonyl (C=O) groups excluding carboxylic acids is 1. The lowest BCUT2D eigenvalue weighted by atomic mass is 10.2. The molecule has 3 rings (SSSR count). The Morgan fingerprint density at radius 1 is 1.32 bits per heavy atom. The van der Waals surface area contributed by atoms with Crippen molar-refractivity contribution in [3.05, 3.63) is 54.2 Å². The van der Waals surface area contributed by atoms with Gasteiger partial charge in [0.1, 0.15) is 5.76 Å². The number of H-pyrrole nitrogens is 1. The topological polar surface area (TPSA) is 74.2 Å². The Hall–Kier alpha value is -2.60. The Balaban J connectivity index is 1.71. The Labute approximate surface area is 128 Å². The minimum Gasteiger partial charge on any atom is -0.468 e. The summed E-state index contributed by atoms with van der Waals surface area (Å²) in [6.45, 7) is 0.441. The molecule has 3 aromatic rings. The molecule has 2 heterocycles. The van der Waals surface area contributed by atoms with Crippen LogP contribution in [0.15, 0.2) is 47.1 Å². The molecule has 2 N–H and O–H groups in total. The average molecular weight is 298 g/mol. The van der Waals surface area contributed by atoms with E-state index in [0.29, 0.717) is 12.4 Å². The number of nitrogens with one attached hydrogen (secondary N) is 2. The number of aromatic nitrogens is 2. The van der Waals surface area contributed by atoms with E-state index in [1.54, 1.807) is 6.26 Å². The Morgan fingerprint density at radius 2 is 2.14 bits per heavy atom. The van der Waals surface area contributed by atoms with Crippen LogP contribution < -0.4 is 5.32 Å². The summed E-state index contributed by atoms with van der Waals surface area (Å²) in [7, 11) is 3.89. The molecule has 0 fully saturated rings. The number of fused-ring (bicyclic) bond motifs is 1. The average Bonchev–Trinajstić information content (AvgIpc) is 3.16. The van der Waals surface area contributed by atoms with E-state index in [-0.39, 0.29) is 11.9 Å². The molecule has 0 spiro atoms. The number of benzene rings is 1. The highest BCUT2D eigenvalue weighted by molar-refractivity contribution is 5.94. The maximum Gasteiger partial charge on any atom is 0.287 e. The summed E-state index contributed by atoms with van der Waals surface area (Å²) in [4.78, 5) is 21.6. The number of para-hydroxylation sites is 2. The van der Waals surface area contributed by atoms with Crippen LogP contribution in [0.5, 0.6) is 0 Å². The second-order valence-corrected chi connectivity index (χ2v) is 5.31. The fourth-order valence-corrected chi connectivity index (χ4v) is 2.35. The van der Waals surface area contributed by atoms with Crippen LogP contribution in [-0.2, 0) is 0 Å². The highest BCUT2D eigenvalue weighted by Crippen LogP contribution is 2.17. The highest BCUT2D eigenvalue weighted by Gasteiger charge is 2.19. The third kappa shape index (κ3) is 2.87. The standard InChI is InChI=1S/C16H18N4O2/c1-20(2)13(14-8-5-9-22-14)10-17-16(21)15-18-11-6-3-4-7-12(11)19-15/h3-9,13H,10H2,1-2H3,(H,17,21)(H,18,19)/t13-/m0/s1. The van der Waals surface area contributed by atoms with Crippen LogP contribution in [-0.4, -0.2) is 41.4 Å². The maximum absolute atomic E-state index is 12.3. The Morgan fingerprint density at radius 3 is 2.82 bits per heavy atom. The number of furan rings is 1. The molecule has 0 aliphatic rings. The number of aromatic amines is 1. The molecule has 0 saturated carbocycles. The quantitative estimate of drug-likeness (QED) is 0.757. The van der Waals surface area contributed by atoms with Gasteiger partial charge >= 0.3 is 0 Å². The van der Waals surface area contributed by atoms with Gasteiger partial charge in [0.2, 0.25) is 0 Å². The number of imidazole rings is 1. The number of hydrogen-bond acceptors (Lipinski definition) is 4. The van der Waals surface area contributed by atoms with Gasteiger partial charge in [0.05, 0.1) is 23.3 Å².